The molecule has 10 heteroatoms. The summed E-state index contributed by atoms with van der Waals surface area (Å²) in [6.07, 6.45) is 0. The van der Waals surface area contributed by atoms with Crippen LogP contribution in [-0.4, -0.2) is 48.8 Å². The highest BCUT2D eigenvalue weighted by Gasteiger charge is 2.28. The van der Waals surface area contributed by atoms with Crippen LogP contribution in [0.15, 0.2) is 71.6 Å². The van der Waals surface area contributed by atoms with Gasteiger partial charge in [-0.15, -0.1) is 0 Å². The lowest BCUT2D eigenvalue weighted by Crippen LogP contribution is -2.40. The lowest BCUT2D eigenvalue weighted by Gasteiger charge is -2.25. The van der Waals surface area contributed by atoms with E-state index in [9.17, 15) is 13.2 Å². The third-order valence-electron chi connectivity index (χ3n) is 5.33. The van der Waals surface area contributed by atoms with Gasteiger partial charge in [-0.25, -0.2) is 8.42 Å². The zero-order chi connectivity index (χ0) is 26.1. The van der Waals surface area contributed by atoms with Gasteiger partial charge in [-0.3, -0.25) is 9.10 Å². The molecule has 36 heavy (non-hydrogen) atoms. The number of hydrogen-bond donors (Lipinski definition) is 1. The van der Waals surface area contributed by atoms with Crippen molar-refractivity contribution in [1.82, 2.24) is 5.32 Å². The summed E-state index contributed by atoms with van der Waals surface area (Å²) in [6, 6.07) is 18.0. The van der Waals surface area contributed by atoms with Gasteiger partial charge in [0.25, 0.3) is 10.0 Å². The third kappa shape index (κ3) is 6.19. The number of nitrogens with one attached hydrogen (secondary N) is 1. The Bertz CT molecular complexity index is 1280. The van der Waals surface area contributed by atoms with E-state index in [1.165, 1.54) is 32.4 Å². The number of para-hydroxylation sites is 1. The summed E-state index contributed by atoms with van der Waals surface area (Å²) in [5, 5.41) is 2.78. The van der Waals surface area contributed by atoms with Crippen molar-refractivity contribution >= 4 is 21.6 Å². The molecule has 0 bridgehead atoms. The molecule has 0 radical (unpaired) electrons. The molecule has 3 aromatic carbocycles. The molecule has 3 aromatic rings. The number of carbonyl (C=O) groups is 1. The summed E-state index contributed by atoms with van der Waals surface area (Å²) in [5.74, 6) is 1.37. The van der Waals surface area contributed by atoms with Gasteiger partial charge in [0.1, 0.15) is 18.0 Å². The van der Waals surface area contributed by atoms with E-state index < -0.39 is 22.5 Å². The predicted molar refractivity (Wildman–Crippen MR) is 137 cm³/mol. The quantitative estimate of drug-likeness (QED) is 0.394. The van der Waals surface area contributed by atoms with E-state index in [2.05, 4.69) is 5.32 Å². The molecule has 0 aromatic heterocycles. The van der Waals surface area contributed by atoms with Gasteiger partial charge in [0.2, 0.25) is 5.91 Å². The minimum absolute atomic E-state index is 0.0495. The van der Waals surface area contributed by atoms with Crippen LogP contribution in [0.5, 0.6) is 23.0 Å². The summed E-state index contributed by atoms with van der Waals surface area (Å²) in [7, 11) is 0.272. The Morgan fingerprint density at radius 2 is 1.53 bits per heavy atom. The monoisotopic (exact) mass is 514 g/mol. The topological polar surface area (TPSA) is 103 Å². The van der Waals surface area contributed by atoms with Crippen LogP contribution in [0.1, 0.15) is 12.5 Å². The number of amides is 1. The van der Waals surface area contributed by atoms with Crippen molar-refractivity contribution in [3.63, 3.8) is 0 Å². The van der Waals surface area contributed by atoms with Crippen molar-refractivity contribution in [3.05, 3.63) is 72.3 Å². The van der Waals surface area contributed by atoms with Crippen LogP contribution in [0, 0.1) is 0 Å². The molecule has 0 saturated carbocycles. The standard InChI is InChI=1S/C26H30N2O7S/c1-5-35-21-12-10-20(11-13-21)28(18-26(29)27-17-19-8-6-7-9-23(19)32-2)36(30,31)22-14-15-24(33-3)25(16-22)34-4/h6-16H,5,17-18H2,1-4H3,(H,27,29). The molecule has 0 fully saturated rings. The molecule has 1 N–H and O–H groups in total. The summed E-state index contributed by atoms with van der Waals surface area (Å²) in [5.41, 5.74) is 1.07. The van der Waals surface area contributed by atoms with E-state index in [1.54, 1.807) is 37.4 Å². The molecule has 0 aliphatic heterocycles. The fraction of sp³-hybridized carbons (Fsp3) is 0.269. The Hall–Kier alpha value is -3.92. The van der Waals surface area contributed by atoms with Crippen LogP contribution in [0.3, 0.4) is 0 Å². The fourth-order valence-corrected chi connectivity index (χ4v) is 4.96. The highest BCUT2D eigenvalue weighted by Crippen LogP contribution is 2.32. The minimum Gasteiger partial charge on any atom is -0.496 e. The first-order chi connectivity index (χ1) is 17.3. The molecule has 0 aliphatic carbocycles. The molecule has 1 amide bonds. The van der Waals surface area contributed by atoms with Crippen LogP contribution in [-0.2, 0) is 21.4 Å². The molecule has 0 atom stereocenters. The smallest absolute Gasteiger partial charge is 0.264 e. The molecule has 0 unspecified atom stereocenters. The van der Waals surface area contributed by atoms with Crippen molar-refractivity contribution < 1.29 is 32.2 Å². The molecule has 0 aliphatic rings. The van der Waals surface area contributed by atoms with Crippen LogP contribution in [0.2, 0.25) is 0 Å². The van der Waals surface area contributed by atoms with Gasteiger partial charge in [-0.2, -0.15) is 0 Å². The Morgan fingerprint density at radius 3 is 2.17 bits per heavy atom. The third-order valence-corrected chi connectivity index (χ3v) is 7.10. The lowest BCUT2D eigenvalue weighted by atomic mass is 10.2. The largest absolute Gasteiger partial charge is 0.496 e. The van der Waals surface area contributed by atoms with Gasteiger partial charge in [-0.1, -0.05) is 18.2 Å². The van der Waals surface area contributed by atoms with Crippen molar-refractivity contribution in [3.8, 4) is 23.0 Å². The molecule has 192 valence electrons. The Kier molecular flexibility index (Phi) is 9.02. The second kappa shape index (κ2) is 12.2. The first kappa shape index (κ1) is 26.7. The fourth-order valence-electron chi connectivity index (χ4n) is 3.52. The summed E-state index contributed by atoms with van der Waals surface area (Å²) in [4.78, 5) is 12.9. The van der Waals surface area contributed by atoms with E-state index in [-0.39, 0.29) is 17.2 Å². The summed E-state index contributed by atoms with van der Waals surface area (Å²) in [6.45, 7) is 2.06. The van der Waals surface area contributed by atoms with Crippen molar-refractivity contribution in [2.75, 3.05) is 38.8 Å². The number of benzene rings is 3. The van der Waals surface area contributed by atoms with E-state index >= 15 is 0 Å². The number of ether oxygens (including phenoxy) is 4. The molecular formula is C26H30N2O7S. The van der Waals surface area contributed by atoms with E-state index in [4.69, 9.17) is 18.9 Å². The van der Waals surface area contributed by atoms with Gasteiger partial charge < -0.3 is 24.3 Å². The predicted octanol–water partition coefficient (Wildman–Crippen LogP) is 3.62. The normalized spacial score (nSPS) is 10.9. The maximum Gasteiger partial charge on any atom is 0.264 e. The van der Waals surface area contributed by atoms with Gasteiger partial charge in [0.05, 0.1) is 38.5 Å². The highest BCUT2D eigenvalue weighted by molar-refractivity contribution is 7.92. The van der Waals surface area contributed by atoms with Crippen molar-refractivity contribution in [2.45, 2.75) is 18.4 Å². The summed E-state index contributed by atoms with van der Waals surface area (Å²) < 4.78 is 49.8. The van der Waals surface area contributed by atoms with Gasteiger partial charge in [-0.05, 0) is 49.4 Å². The van der Waals surface area contributed by atoms with Gasteiger partial charge in [0, 0.05) is 18.2 Å². The van der Waals surface area contributed by atoms with Crippen LogP contribution in [0.25, 0.3) is 0 Å². The Morgan fingerprint density at radius 1 is 0.861 bits per heavy atom. The van der Waals surface area contributed by atoms with Gasteiger partial charge >= 0.3 is 0 Å². The maximum absolute atomic E-state index is 13.7. The number of carbonyl (C=O) groups excluding carboxylic acids is 1. The first-order valence-corrected chi connectivity index (χ1v) is 12.6. The van der Waals surface area contributed by atoms with E-state index in [0.29, 0.717) is 29.5 Å². The molecule has 3 rings (SSSR count). The number of rotatable bonds is 12. The van der Waals surface area contributed by atoms with E-state index in [1.807, 2.05) is 25.1 Å². The molecule has 9 nitrogen and oxygen atoms in total. The number of methoxy groups -OCH3 is 3. The highest BCUT2D eigenvalue weighted by atomic mass is 32.2. The zero-order valence-electron chi connectivity index (χ0n) is 20.7. The number of sulfonamides is 1. The molecule has 0 spiro atoms. The SMILES string of the molecule is CCOc1ccc(N(CC(=O)NCc2ccccc2OC)S(=O)(=O)c2ccc(OC)c(OC)c2)cc1. The number of nitrogens with zero attached hydrogens (tertiary/aromatic N) is 1. The van der Waals surface area contributed by atoms with Gasteiger partial charge in [0.15, 0.2) is 11.5 Å². The minimum atomic E-state index is -4.16. The molecule has 0 saturated heterocycles. The second-order valence-electron chi connectivity index (χ2n) is 7.54. The first-order valence-electron chi connectivity index (χ1n) is 11.2. The average molecular weight is 515 g/mol. The molecular weight excluding hydrogens is 484 g/mol. The van der Waals surface area contributed by atoms with E-state index in [0.717, 1.165) is 9.87 Å². The zero-order valence-corrected chi connectivity index (χ0v) is 21.5. The van der Waals surface area contributed by atoms with Crippen molar-refractivity contribution in [1.29, 1.82) is 0 Å². The Balaban J connectivity index is 1.92. The summed E-state index contributed by atoms with van der Waals surface area (Å²) >= 11 is 0. The van der Waals surface area contributed by atoms with Crippen molar-refractivity contribution in [2.24, 2.45) is 0 Å². The lowest BCUT2D eigenvalue weighted by molar-refractivity contribution is -0.119. The molecule has 0 heterocycles. The average Bonchev–Trinajstić information content (AvgIpc) is 2.90. The van der Waals surface area contributed by atoms with Crippen LogP contribution in [0.4, 0.5) is 5.69 Å². The maximum atomic E-state index is 13.7. The Labute approximate surface area is 211 Å². The second-order valence-corrected chi connectivity index (χ2v) is 9.41. The number of anilines is 1. The number of hydrogen-bond acceptors (Lipinski definition) is 7. The van der Waals surface area contributed by atoms with Crippen LogP contribution < -0.4 is 28.6 Å². The van der Waals surface area contributed by atoms with Crippen LogP contribution >= 0.6 is 0 Å².